The molecule has 0 spiro atoms. The Bertz CT molecular complexity index is 246. The zero-order chi connectivity index (χ0) is 13.1. The second kappa shape index (κ2) is 15.9. The Morgan fingerprint density at radius 1 is 0.947 bits per heavy atom. The molecule has 0 unspecified atom stereocenters. The zero-order valence-electron chi connectivity index (χ0n) is 12.0. The van der Waals surface area contributed by atoms with E-state index >= 15 is 0 Å². The number of carboxylic acids is 2. The summed E-state index contributed by atoms with van der Waals surface area (Å²) in [5.74, 6) is -2.53. The molecule has 98 valence electrons. The van der Waals surface area contributed by atoms with Crippen LogP contribution < -0.4 is 47.9 Å². The van der Waals surface area contributed by atoms with Gasteiger partial charge in [-0.3, -0.25) is 4.90 Å². The number of aliphatic carboxylic acids is 2. The van der Waals surface area contributed by atoms with Gasteiger partial charge in [0.15, 0.2) is 0 Å². The average molecular weight is 255 g/mol. The van der Waals surface area contributed by atoms with Gasteiger partial charge >= 0.3 is 37.7 Å². The number of nitrogens with zero attached hydrogens (tertiary/aromatic N) is 1. The maximum Gasteiger partial charge on any atom is 1.00 e. The predicted molar refractivity (Wildman–Crippen MR) is 59.7 cm³/mol. The summed E-state index contributed by atoms with van der Waals surface area (Å²) in [6, 6.07) is 0. The van der Waals surface area contributed by atoms with Crippen molar-refractivity contribution in [2.24, 2.45) is 0 Å². The van der Waals surface area contributed by atoms with Gasteiger partial charge in [0.2, 0.25) is 0 Å². The number of carboxylic acid groups (broad SMARTS) is 2. The van der Waals surface area contributed by atoms with E-state index in [-0.39, 0.29) is 50.8 Å². The van der Waals surface area contributed by atoms with Gasteiger partial charge in [0.05, 0.1) is 11.9 Å². The first-order valence-electron chi connectivity index (χ1n) is 5.79. The summed E-state index contributed by atoms with van der Waals surface area (Å²) in [6.45, 7) is 3.34. The number of hydrogen-bond acceptors (Lipinski definition) is 5. The summed E-state index contributed by atoms with van der Waals surface area (Å²) in [5.41, 5.74) is 0. The molecular formula is C12H19Li2NO4. The van der Waals surface area contributed by atoms with Crippen molar-refractivity contribution in [3.05, 3.63) is 12.7 Å². The fourth-order valence-corrected chi connectivity index (χ4v) is 1.56. The molecule has 5 nitrogen and oxygen atoms in total. The molecule has 0 aromatic carbocycles. The minimum atomic E-state index is -1.27. The number of allylic oxidation sites excluding steroid dienone is 1. The molecule has 7 heteroatoms. The standard InChI is InChI=1S/C12H21NO4.2Li/c1-2-3-4-5-6-7-8-13(9-11(14)15)10-12(16)17;;/h2H,1,3-10H2,(H,14,15)(H,16,17);;/q;2*+1/p-2. The molecule has 0 aromatic rings. The molecule has 0 radical (unpaired) electrons. The van der Waals surface area contributed by atoms with Crippen LogP contribution in [0.3, 0.4) is 0 Å². The Labute approximate surface area is 138 Å². The first-order chi connectivity index (χ1) is 8.06. The minimum Gasteiger partial charge on any atom is -0.549 e. The molecule has 0 aliphatic rings. The molecule has 0 saturated heterocycles. The number of rotatable bonds is 11. The maximum absolute atomic E-state index is 10.4. The molecule has 0 N–H and O–H groups in total. The summed E-state index contributed by atoms with van der Waals surface area (Å²) in [7, 11) is 0. The van der Waals surface area contributed by atoms with Crippen LogP contribution in [-0.2, 0) is 9.59 Å². The van der Waals surface area contributed by atoms with E-state index < -0.39 is 11.9 Å². The van der Waals surface area contributed by atoms with Crippen LogP contribution in [0.2, 0.25) is 0 Å². The van der Waals surface area contributed by atoms with Crippen molar-refractivity contribution in [2.45, 2.75) is 32.1 Å². The first kappa shape index (κ1) is 23.9. The number of carbonyl (C=O) groups excluding carboxylic acids is 2. The Morgan fingerprint density at radius 3 is 1.84 bits per heavy atom. The minimum absolute atomic E-state index is 0. The van der Waals surface area contributed by atoms with Gasteiger partial charge in [0.1, 0.15) is 0 Å². The van der Waals surface area contributed by atoms with Crippen molar-refractivity contribution in [2.75, 3.05) is 19.6 Å². The fraction of sp³-hybridized carbons (Fsp3) is 0.667. The number of unbranched alkanes of at least 4 members (excludes halogenated alkanes) is 4. The largest absolute Gasteiger partial charge is 1.00 e. The molecular weight excluding hydrogens is 236 g/mol. The molecule has 0 aliphatic carbocycles. The van der Waals surface area contributed by atoms with Gasteiger partial charge in [0, 0.05) is 13.1 Å². The molecule has 0 heterocycles. The van der Waals surface area contributed by atoms with Crippen molar-refractivity contribution in [3.63, 3.8) is 0 Å². The third kappa shape index (κ3) is 17.8. The fourth-order valence-electron chi connectivity index (χ4n) is 1.56. The van der Waals surface area contributed by atoms with E-state index in [0.29, 0.717) is 6.54 Å². The van der Waals surface area contributed by atoms with Crippen molar-refractivity contribution >= 4 is 11.9 Å². The Hall–Kier alpha value is -0.165. The van der Waals surface area contributed by atoms with Gasteiger partial charge in [0.25, 0.3) is 0 Å². The van der Waals surface area contributed by atoms with E-state index in [1.165, 1.54) is 4.90 Å². The van der Waals surface area contributed by atoms with Gasteiger partial charge in [-0.2, -0.15) is 0 Å². The third-order valence-electron chi connectivity index (χ3n) is 2.34. The van der Waals surface area contributed by atoms with Gasteiger partial charge in [-0.05, 0) is 25.8 Å². The van der Waals surface area contributed by atoms with Gasteiger partial charge in [-0.1, -0.05) is 18.9 Å². The normalized spacial score (nSPS) is 9.32. The van der Waals surface area contributed by atoms with Gasteiger partial charge in [-0.15, -0.1) is 6.58 Å². The third-order valence-corrected chi connectivity index (χ3v) is 2.34. The van der Waals surface area contributed by atoms with E-state index in [0.717, 1.165) is 32.1 Å². The number of carbonyl (C=O) groups is 2. The van der Waals surface area contributed by atoms with Gasteiger partial charge < -0.3 is 19.8 Å². The summed E-state index contributed by atoms with van der Waals surface area (Å²) in [5, 5.41) is 20.8. The van der Waals surface area contributed by atoms with Crippen molar-refractivity contribution in [1.82, 2.24) is 4.90 Å². The summed E-state index contributed by atoms with van der Waals surface area (Å²) >= 11 is 0. The molecule has 19 heavy (non-hydrogen) atoms. The van der Waals surface area contributed by atoms with Crippen LogP contribution in [0.5, 0.6) is 0 Å². The second-order valence-electron chi connectivity index (χ2n) is 3.95. The monoisotopic (exact) mass is 255 g/mol. The van der Waals surface area contributed by atoms with Crippen molar-refractivity contribution < 1.29 is 57.5 Å². The Balaban J connectivity index is -0.00000128. The molecule has 0 saturated carbocycles. The molecule has 0 atom stereocenters. The molecule has 0 fully saturated rings. The average Bonchev–Trinajstić information content (AvgIpc) is 2.21. The quantitative estimate of drug-likeness (QED) is 0.208. The molecule has 0 rings (SSSR count). The van der Waals surface area contributed by atoms with Crippen molar-refractivity contribution in [3.8, 4) is 0 Å². The first-order valence-corrected chi connectivity index (χ1v) is 5.79. The van der Waals surface area contributed by atoms with E-state index in [4.69, 9.17) is 0 Å². The molecule has 0 aliphatic heterocycles. The number of hydrogen-bond donors (Lipinski definition) is 0. The van der Waals surface area contributed by atoms with E-state index in [2.05, 4.69) is 6.58 Å². The topological polar surface area (TPSA) is 83.5 Å². The van der Waals surface area contributed by atoms with Crippen LogP contribution in [0, 0.1) is 0 Å². The smallest absolute Gasteiger partial charge is 0.549 e. The maximum atomic E-state index is 10.4. The van der Waals surface area contributed by atoms with Crippen LogP contribution >= 0.6 is 0 Å². The SMILES string of the molecule is C=CCCCCCCN(CC(=O)[O-])CC(=O)[O-].[Li+].[Li+]. The second-order valence-corrected chi connectivity index (χ2v) is 3.95. The molecule has 0 bridgehead atoms. The van der Waals surface area contributed by atoms with E-state index in [1.54, 1.807) is 0 Å². The van der Waals surface area contributed by atoms with Crippen LogP contribution in [0.4, 0.5) is 0 Å². The zero-order valence-corrected chi connectivity index (χ0v) is 12.0. The Kier molecular flexibility index (Phi) is 20.0. The summed E-state index contributed by atoms with van der Waals surface area (Å²) < 4.78 is 0. The predicted octanol–water partition coefficient (Wildman–Crippen LogP) is -7.07. The Morgan fingerprint density at radius 2 is 1.42 bits per heavy atom. The van der Waals surface area contributed by atoms with Crippen LogP contribution in [0.25, 0.3) is 0 Å². The van der Waals surface area contributed by atoms with Gasteiger partial charge in [-0.25, -0.2) is 0 Å². The summed E-state index contributed by atoms with van der Waals surface area (Å²) in [6.07, 6.45) is 6.66. The van der Waals surface area contributed by atoms with Crippen LogP contribution in [0.15, 0.2) is 12.7 Å². The molecule has 0 amide bonds. The molecule has 0 aromatic heterocycles. The van der Waals surface area contributed by atoms with Crippen molar-refractivity contribution in [1.29, 1.82) is 0 Å². The van der Waals surface area contributed by atoms with E-state index in [1.807, 2.05) is 6.08 Å². The van der Waals surface area contributed by atoms with Crippen LogP contribution in [-0.4, -0.2) is 36.5 Å². The van der Waals surface area contributed by atoms with E-state index in [9.17, 15) is 19.8 Å². The summed E-state index contributed by atoms with van der Waals surface area (Å²) in [4.78, 5) is 22.1. The van der Waals surface area contributed by atoms with Crippen LogP contribution in [0.1, 0.15) is 32.1 Å².